The van der Waals surface area contributed by atoms with Gasteiger partial charge in [-0.15, -0.1) is 0 Å². The standard InChI is InChI=1S/C26H19ClINO6S/c1-33-22-14-16(10-11-21(22)35-25(31)17-6-2-4-8-19(17)28)15-23-24(30)29(26(32)36-23)12-13-34-20-9-5-3-7-18(20)27/h2-11,14-15H,12-13H2,1H3/b23-15-. The summed E-state index contributed by atoms with van der Waals surface area (Å²) in [4.78, 5) is 39.2. The van der Waals surface area contributed by atoms with Gasteiger partial charge in [-0.2, -0.15) is 0 Å². The molecule has 3 aromatic carbocycles. The Labute approximate surface area is 230 Å². The van der Waals surface area contributed by atoms with Gasteiger partial charge < -0.3 is 14.2 Å². The molecule has 0 aromatic heterocycles. The summed E-state index contributed by atoms with van der Waals surface area (Å²) < 4.78 is 17.3. The van der Waals surface area contributed by atoms with Gasteiger partial charge in [0.15, 0.2) is 11.5 Å². The van der Waals surface area contributed by atoms with E-state index in [1.165, 1.54) is 7.11 Å². The van der Waals surface area contributed by atoms with Crippen LogP contribution in [0.25, 0.3) is 6.08 Å². The lowest BCUT2D eigenvalue weighted by Crippen LogP contribution is -2.32. The van der Waals surface area contributed by atoms with E-state index in [0.29, 0.717) is 27.6 Å². The number of amides is 2. The lowest BCUT2D eigenvalue weighted by Gasteiger charge is -2.13. The second-order valence-corrected chi connectivity index (χ2v) is 9.95. The van der Waals surface area contributed by atoms with Gasteiger partial charge in [0.2, 0.25) is 0 Å². The lowest BCUT2D eigenvalue weighted by atomic mass is 10.1. The number of hydrogen-bond donors (Lipinski definition) is 0. The number of rotatable bonds is 8. The molecule has 10 heteroatoms. The van der Waals surface area contributed by atoms with Gasteiger partial charge in [-0.05, 0) is 82.4 Å². The highest BCUT2D eigenvalue weighted by molar-refractivity contribution is 14.1. The van der Waals surface area contributed by atoms with Crippen LogP contribution < -0.4 is 14.2 Å². The van der Waals surface area contributed by atoms with Gasteiger partial charge in [-0.3, -0.25) is 14.5 Å². The monoisotopic (exact) mass is 635 g/mol. The maximum absolute atomic E-state index is 12.8. The second kappa shape index (κ2) is 11.8. The summed E-state index contributed by atoms with van der Waals surface area (Å²) in [5.74, 6) is 0.114. The van der Waals surface area contributed by atoms with Gasteiger partial charge in [0, 0.05) is 3.57 Å². The first-order chi connectivity index (χ1) is 17.4. The minimum atomic E-state index is -0.508. The number of para-hydroxylation sites is 1. The summed E-state index contributed by atoms with van der Waals surface area (Å²) in [6, 6.07) is 19.0. The molecule has 1 saturated heterocycles. The molecular formula is C26H19ClINO6S. The molecule has 0 atom stereocenters. The predicted molar refractivity (Wildman–Crippen MR) is 147 cm³/mol. The number of carbonyl (C=O) groups is 3. The third-order valence-corrected chi connectivity index (χ3v) is 7.22. The molecule has 3 aromatic rings. The summed E-state index contributed by atoms with van der Waals surface area (Å²) in [5, 5.41) is 0.0668. The van der Waals surface area contributed by atoms with Crippen molar-refractivity contribution >= 4 is 69.1 Å². The van der Waals surface area contributed by atoms with E-state index in [1.807, 2.05) is 12.1 Å². The second-order valence-electron chi connectivity index (χ2n) is 7.39. The van der Waals surface area contributed by atoms with Crippen LogP contribution >= 0.6 is 46.0 Å². The number of benzene rings is 3. The van der Waals surface area contributed by atoms with Crippen molar-refractivity contribution in [1.82, 2.24) is 4.90 Å². The molecule has 4 rings (SSSR count). The highest BCUT2D eigenvalue weighted by atomic mass is 127. The first-order valence-corrected chi connectivity index (χ1v) is 12.9. The fourth-order valence-electron chi connectivity index (χ4n) is 3.29. The molecule has 0 spiro atoms. The Bertz CT molecular complexity index is 1360. The molecule has 0 N–H and O–H groups in total. The van der Waals surface area contributed by atoms with E-state index in [1.54, 1.807) is 60.7 Å². The first kappa shape index (κ1) is 26.1. The molecule has 2 amide bonds. The summed E-state index contributed by atoms with van der Waals surface area (Å²) in [5.41, 5.74) is 1.05. The van der Waals surface area contributed by atoms with Crippen LogP contribution in [0.4, 0.5) is 4.79 Å². The minimum Gasteiger partial charge on any atom is -0.493 e. The van der Waals surface area contributed by atoms with Crippen molar-refractivity contribution < 1.29 is 28.6 Å². The molecule has 184 valence electrons. The van der Waals surface area contributed by atoms with Crippen LogP contribution in [-0.4, -0.2) is 42.3 Å². The number of esters is 1. The van der Waals surface area contributed by atoms with E-state index in [2.05, 4.69) is 22.6 Å². The van der Waals surface area contributed by atoms with Crippen LogP contribution in [0.2, 0.25) is 5.02 Å². The Morgan fingerprint density at radius 2 is 1.78 bits per heavy atom. The number of ether oxygens (including phenoxy) is 3. The number of carbonyl (C=O) groups excluding carboxylic acids is 3. The largest absolute Gasteiger partial charge is 0.493 e. The summed E-state index contributed by atoms with van der Waals surface area (Å²) >= 11 is 8.98. The third kappa shape index (κ3) is 6.03. The fraction of sp³-hybridized carbons (Fsp3) is 0.115. The van der Waals surface area contributed by atoms with Crippen LogP contribution in [-0.2, 0) is 4.79 Å². The van der Waals surface area contributed by atoms with Crippen molar-refractivity contribution in [2.75, 3.05) is 20.3 Å². The summed E-state index contributed by atoms with van der Waals surface area (Å²) in [6.07, 6.45) is 1.59. The molecule has 1 fully saturated rings. The Balaban J connectivity index is 1.44. The molecule has 0 unspecified atom stereocenters. The number of imide groups is 1. The summed E-state index contributed by atoms with van der Waals surface area (Å²) in [7, 11) is 1.45. The predicted octanol–water partition coefficient (Wildman–Crippen LogP) is 6.29. The molecule has 0 aliphatic carbocycles. The van der Waals surface area contributed by atoms with Crippen molar-refractivity contribution in [1.29, 1.82) is 0 Å². The minimum absolute atomic E-state index is 0.0870. The van der Waals surface area contributed by atoms with E-state index in [0.717, 1.165) is 20.2 Å². The zero-order chi connectivity index (χ0) is 25.7. The highest BCUT2D eigenvalue weighted by Gasteiger charge is 2.35. The van der Waals surface area contributed by atoms with Crippen LogP contribution in [0.5, 0.6) is 17.2 Å². The maximum Gasteiger partial charge on any atom is 0.344 e. The molecular weight excluding hydrogens is 617 g/mol. The Morgan fingerprint density at radius 1 is 1.03 bits per heavy atom. The zero-order valence-corrected chi connectivity index (χ0v) is 22.6. The molecule has 0 saturated carbocycles. The third-order valence-electron chi connectivity index (χ3n) is 5.06. The van der Waals surface area contributed by atoms with E-state index in [9.17, 15) is 14.4 Å². The van der Waals surface area contributed by atoms with Crippen molar-refractivity contribution in [3.05, 3.63) is 91.4 Å². The number of hydrogen-bond acceptors (Lipinski definition) is 7. The van der Waals surface area contributed by atoms with Crippen LogP contribution in [0.1, 0.15) is 15.9 Å². The van der Waals surface area contributed by atoms with Crippen LogP contribution in [0, 0.1) is 3.57 Å². The fourth-order valence-corrected chi connectivity index (χ4v) is 4.96. The lowest BCUT2D eigenvalue weighted by molar-refractivity contribution is -0.123. The zero-order valence-electron chi connectivity index (χ0n) is 18.9. The van der Waals surface area contributed by atoms with E-state index < -0.39 is 11.9 Å². The quantitative estimate of drug-likeness (QED) is 0.125. The molecule has 1 heterocycles. The normalized spacial score (nSPS) is 14.3. The molecule has 36 heavy (non-hydrogen) atoms. The summed E-state index contributed by atoms with van der Waals surface area (Å²) in [6.45, 7) is 0.201. The number of methoxy groups -OCH3 is 1. The van der Waals surface area contributed by atoms with Crippen molar-refractivity contribution in [2.45, 2.75) is 0 Å². The molecule has 1 aliphatic rings. The van der Waals surface area contributed by atoms with Gasteiger partial charge in [-0.1, -0.05) is 41.9 Å². The van der Waals surface area contributed by atoms with E-state index >= 15 is 0 Å². The smallest absolute Gasteiger partial charge is 0.344 e. The Morgan fingerprint density at radius 3 is 2.53 bits per heavy atom. The number of halogens is 2. The van der Waals surface area contributed by atoms with Crippen LogP contribution in [0.15, 0.2) is 71.6 Å². The van der Waals surface area contributed by atoms with Gasteiger partial charge in [0.05, 0.1) is 29.1 Å². The van der Waals surface area contributed by atoms with Gasteiger partial charge in [0.25, 0.3) is 11.1 Å². The van der Waals surface area contributed by atoms with E-state index in [-0.39, 0.29) is 29.0 Å². The average molecular weight is 636 g/mol. The van der Waals surface area contributed by atoms with E-state index in [4.69, 9.17) is 25.8 Å². The molecule has 7 nitrogen and oxygen atoms in total. The van der Waals surface area contributed by atoms with Gasteiger partial charge in [0.1, 0.15) is 12.4 Å². The maximum atomic E-state index is 12.8. The number of thioether (sulfide) groups is 1. The molecule has 0 bridgehead atoms. The Kier molecular flexibility index (Phi) is 8.55. The Hall–Kier alpha value is -3.02. The molecule has 1 aliphatic heterocycles. The number of nitrogens with zero attached hydrogens (tertiary/aromatic N) is 1. The van der Waals surface area contributed by atoms with Crippen molar-refractivity contribution in [3.63, 3.8) is 0 Å². The van der Waals surface area contributed by atoms with Gasteiger partial charge in [-0.25, -0.2) is 4.79 Å². The SMILES string of the molecule is COc1cc(/C=C2\SC(=O)N(CCOc3ccccc3Cl)C2=O)ccc1OC(=O)c1ccccc1I. The van der Waals surface area contributed by atoms with Crippen LogP contribution in [0.3, 0.4) is 0 Å². The van der Waals surface area contributed by atoms with Crippen molar-refractivity contribution in [3.8, 4) is 17.2 Å². The highest BCUT2D eigenvalue weighted by Crippen LogP contribution is 2.35. The molecule has 0 radical (unpaired) electrons. The topological polar surface area (TPSA) is 82.1 Å². The van der Waals surface area contributed by atoms with Crippen molar-refractivity contribution in [2.24, 2.45) is 0 Å². The van der Waals surface area contributed by atoms with Gasteiger partial charge >= 0.3 is 5.97 Å². The first-order valence-electron chi connectivity index (χ1n) is 10.6. The average Bonchev–Trinajstić information content (AvgIpc) is 3.13.